The van der Waals surface area contributed by atoms with Crippen LogP contribution in [0.15, 0.2) is 0 Å². The van der Waals surface area contributed by atoms with Crippen molar-refractivity contribution in [3.8, 4) is 0 Å². The van der Waals surface area contributed by atoms with Crippen LogP contribution in [-0.2, 0) is 20.0 Å². The SMILES string of the molecule is CCc1nn(C)c(CNCC2CC2(C)C)c1Cl. The van der Waals surface area contributed by atoms with Gasteiger partial charge in [-0.15, -0.1) is 0 Å². The van der Waals surface area contributed by atoms with Gasteiger partial charge in [0.25, 0.3) is 0 Å². The molecule has 1 heterocycles. The number of aryl methyl sites for hydroxylation is 2. The van der Waals surface area contributed by atoms with Crippen LogP contribution in [-0.4, -0.2) is 16.3 Å². The normalized spacial score (nSPS) is 21.8. The molecular formula is C13H22ClN3. The van der Waals surface area contributed by atoms with E-state index in [1.807, 2.05) is 11.7 Å². The Morgan fingerprint density at radius 1 is 1.53 bits per heavy atom. The second kappa shape index (κ2) is 4.62. The fourth-order valence-corrected chi connectivity index (χ4v) is 2.66. The fraction of sp³-hybridized carbons (Fsp3) is 0.769. The molecule has 96 valence electrons. The maximum absolute atomic E-state index is 6.29. The van der Waals surface area contributed by atoms with Crippen LogP contribution in [0.3, 0.4) is 0 Å². The van der Waals surface area contributed by atoms with E-state index in [4.69, 9.17) is 11.6 Å². The number of aromatic nitrogens is 2. The highest BCUT2D eigenvalue weighted by molar-refractivity contribution is 6.31. The first-order valence-electron chi connectivity index (χ1n) is 6.36. The van der Waals surface area contributed by atoms with Gasteiger partial charge in [-0.25, -0.2) is 0 Å². The van der Waals surface area contributed by atoms with Crippen LogP contribution in [0.1, 0.15) is 38.6 Å². The Balaban J connectivity index is 1.89. The molecule has 0 bridgehead atoms. The third kappa shape index (κ3) is 2.66. The molecule has 0 radical (unpaired) electrons. The number of halogens is 1. The minimum absolute atomic E-state index is 0.540. The van der Waals surface area contributed by atoms with Gasteiger partial charge in [-0.3, -0.25) is 4.68 Å². The molecule has 3 nitrogen and oxygen atoms in total. The van der Waals surface area contributed by atoms with Crippen LogP contribution in [0.25, 0.3) is 0 Å². The third-order valence-electron chi connectivity index (χ3n) is 3.90. The van der Waals surface area contributed by atoms with Gasteiger partial charge in [-0.1, -0.05) is 32.4 Å². The molecule has 1 fully saturated rings. The van der Waals surface area contributed by atoms with Crippen molar-refractivity contribution >= 4 is 11.6 Å². The molecule has 1 unspecified atom stereocenters. The Morgan fingerprint density at radius 2 is 2.18 bits per heavy atom. The fourth-order valence-electron chi connectivity index (χ4n) is 2.30. The van der Waals surface area contributed by atoms with Gasteiger partial charge in [-0.2, -0.15) is 5.10 Å². The molecule has 0 aliphatic heterocycles. The van der Waals surface area contributed by atoms with Crippen molar-refractivity contribution in [2.45, 2.75) is 40.2 Å². The minimum atomic E-state index is 0.540. The summed E-state index contributed by atoms with van der Waals surface area (Å²) in [6.45, 7) is 8.63. The summed E-state index contributed by atoms with van der Waals surface area (Å²) >= 11 is 6.29. The Hall–Kier alpha value is -0.540. The molecule has 1 aliphatic carbocycles. The lowest BCUT2D eigenvalue weighted by atomic mass is 10.1. The Kier molecular flexibility index (Phi) is 3.50. The number of rotatable bonds is 5. The predicted molar refractivity (Wildman–Crippen MR) is 71.2 cm³/mol. The highest BCUT2D eigenvalue weighted by Crippen LogP contribution is 2.50. The molecule has 1 atom stereocenters. The third-order valence-corrected chi connectivity index (χ3v) is 4.34. The smallest absolute Gasteiger partial charge is 0.0863 e. The van der Waals surface area contributed by atoms with E-state index >= 15 is 0 Å². The van der Waals surface area contributed by atoms with Gasteiger partial charge in [0.15, 0.2) is 0 Å². The van der Waals surface area contributed by atoms with E-state index in [1.54, 1.807) is 0 Å². The topological polar surface area (TPSA) is 29.9 Å². The van der Waals surface area contributed by atoms with Crippen molar-refractivity contribution in [3.05, 3.63) is 16.4 Å². The van der Waals surface area contributed by atoms with Crippen molar-refractivity contribution in [2.75, 3.05) is 6.54 Å². The molecule has 2 rings (SSSR count). The van der Waals surface area contributed by atoms with Gasteiger partial charge >= 0.3 is 0 Å². The lowest BCUT2D eigenvalue weighted by Gasteiger charge is -2.07. The number of nitrogens with one attached hydrogen (secondary N) is 1. The van der Waals surface area contributed by atoms with Gasteiger partial charge in [0.1, 0.15) is 0 Å². The zero-order valence-electron chi connectivity index (χ0n) is 11.2. The van der Waals surface area contributed by atoms with Gasteiger partial charge in [0.05, 0.1) is 16.4 Å². The monoisotopic (exact) mass is 255 g/mol. The predicted octanol–water partition coefficient (Wildman–Crippen LogP) is 2.77. The van der Waals surface area contributed by atoms with Crippen molar-refractivity contribution in [1.29, 1.82) is 0 Å². The molecule has 0 spiro atoms. The summed E-state index contributed by atoms with van der Waals surface area (Å²) in [7, 11) is 1.96. The molecule has 1 saturated carbocycles. The number of hydrogen-bond acceptors (Lipinski definition) is 2. The molecule has 1 N–H and O–H groups in total. The summed E-state index contributed by atoms with van der Waals surface area (Å²) in [5.74, 6) is 0.820. The summed E-state index contributed by atoms with van der Waals surface area (Å²) in [6.07, 6.45) is 2.22. The summed E-state index contributed by atoms with van der Waals surface area (Å²) < 4.78 is 1.90. The standard InChI is InChI=1S/C13H22ClN3/c1-5-10-12(14)11(17(4)16-10)8-15-7-9-6-13(9,2)3/h9,15H,5-8H2,1-4H3. The summed E-state index contributed by atoms with van der Waals surface area (Å²) in [5, 5.41) is 8.74. The summed E-state index contributed by atoms with van der Waals surface area (Å²) in [6, 6.07) is 0. The average molecular weight is 256 g/mol. The van der Waals surface area contributed by atoms with E-state index in [0.717, 1.165) is 41.8 Å². The Morgan fingerprint density at radius 3 is 2.65 bits per heavy atom. The van der Waals surface area contributed by atoms with Gasteiger partial charge in [0, 0.05) is 13.6 Å². The van der Waals surface area contributed by atoms with Crippen molar-refractivity contribution in [2.24, 2.45) is 18.4 Å². The van der Waals surface area contributed by atoms with Crippen molar-refractivity contribution in [1.82, 2.24) is 15.1 Å². The highest BCUT2D eigenvalue weighted by Gasteiger charge is 2.44. The maximum Gasteiger partial charge on any atom is 0.0863 e. The maximum atomic E-state index is 6.29. The second-order valence-electron chi connectivity index (χ2n) is 5.71. The summed E-state index contributed by atoms with van der Waals surface area (Å²) in [5.41, 5.74) is 2.64. The second-order valence-corrected chi connectivity index (χ2v) is 6.08. The number of nitrogens with zero attached hydrogens (tertiary/aromatic N) is 2. The molecular weight excluding hydrogens is 234 g/mol. The van der Waals surface area contributed by atoms with Crippen LogP contribution >= 0.6 is 11.6 Å². The lowest BCUT2D eigenvalue weighted by Crippen LogP contribution is -2.20. The van der Waals surface area contributed by atoms with Crippen LogP contribution in [0.5, 0.6) is 0 Å². The van der Waals surface area contributed by atoms with E-state index < -0.39 is 0 Å². The van der Waals surface area contributed by atoms with Crippen molar-refractivity contribution < 1.29 is 0 Å². The first-order chi connectivity index (χ1) is 7.95. The molecule has 0 saturated heterocycles. The molecule has 0 amide bonds. The molecule has 1 aromatic heterocycles. The van der Waals surface area contributed by atoms with Crippen LogP contribution in [0, 0.1) is 11.3 Å². The van der Waals surface area contributed by atoms with Gasteiger partial charge in [-0.05, 0) is 30.7 Å². The van der Waals surface area contributed by atoms with E-state index in [-0.39, 0.29) is 0 Å². The zero-order chi connectivity index (χ0) is 12.6. The van der Waals surface area contributed by atoms with E-state index in [2.05, 4.69) is 31.2 Å². The number of hydrogen-bond donors (Lipinski definition) is 1. The van der Waals surface area contributed by atoms with Crippen LogP contribution < -0.4 is 5.32 Å². The van der Waals surface area contributed by atoms with Gasteiger partial charge in [0.2, 0.25) is 0 Å². The van der Waals surface area contributed by atoms with Crippen LogP contribution in [0.2, 0.25) is 5.02 Å². The Bertz CT molecular complexity index is 409. The average Bonchev–Trinajstić information content (AvgIpc) is 2.77. The molecule has 1 aromatic rings. The first kappa shape index (κ1) is 12.9. The summed E-state index contributed by atoms with van der Waals surface area (Å²) in [4.78, 5) is 0. The van der Waals surface area contributed by atoms with E-state index in [9.17, 15) is 0 Å². The van der Waals surface area contributed by atoms with E-state index in [1.165, 1.54) is 6.42 Å². The quantitative estimate of drug-likeness (QED) is 0.877. The lowest BCUT2D eigenvalue weighted by molar-refractivity contribution is 0.512. The minimum Gasteiger partial charge on any atom is -0.311 e. The highest BCUT2D eigenvalue weighted by atomic mass is 35.5. The molecule has 17 heavy (non-hydrogen) atoms. The Labute approximate surface area is 109 Å². The molecule has 1 aliphatic rings. The molecule has 0 aromatic carbocycles. The molecule has 4 heteroatoms. The van der Waals surface area contributed by atoms with Crippen molar-refractivity contribution in [3.63, 3.8) is 0 Å². The van der Waals surface area contributed by atoms with E-state index in [0.29, 0.717) is 5.41 Å². The zero-order valence-corrected chi connectivity index (χ0v) is 11.9. The van der Waals surface area contributed by atoms with Gasteiger partial charge < -0.3 is 5.32 Å². The van der Waals surface area contributed by atoms with Crippen LogP contribution in [0.4, 0.5) is 0 Å². The first-order valence-corrected chi connectivity index (χ1v) is 6.74. The largest absolute Gasteiger partial charge is 0.311 e.